The number of unbranched alkanes of at least 4 members (excludes halogenated alkanes) is 1. The average molecular weight is 202 g/mol. The van der Waals surface area contributed by atoms with Crippen molar-refractivity contribution < 1.29 is 44.0 Å². The van der Waals surface area contributed by atoms with Crippen molar-refractivity contribution >= 4 is 10.1 Å². The zero-order valence-electron chi connectivity index (χ0n) is 8.66. The van der Waals surface area contributed by atoms with Gasteiger partial charge in [0, 0.05) is 0 Å². The molecule has 5 heteroatoms. The van der Waals surface area contributed by atoms with Gasteiger partial charge in [-0.25, -0.2) is 0 Å². The fraction of sp³-hybridized carbons (Fsp3) is 0.714. The Labute approximate surface area is 97.8 Å². The molecular weight excluding hydrogens is 187 g/mol. The van der Waals surface area contributed by atoms with Crippen LogP contribution in [0.15, 0.2) is 12.7 Å². The average Bonchev–Trinajstić information content (AvgIpc) is 1.87. The van der Waals surface area contributed by atoms with Gasteiger partial charge in [0.2, 0.25) is 0 Å². The smallest absolute Gasteiger partial charge is 1.00 e. The Kier molecular flexibility index (Phi) is 8.95. The van der Waals surface area contributed by atoms with Gasteiger partial charge in [-0.15, -0.1) is 6.58 Å². The monoisotopic (exact) mass is 202 g/mol. The van der Waals surface area contributed by atoms with Crippen LogP contribution in [0.3, 0.4) is 0 Å². The third-order valence-corrected chi connectivity index (χ3v) is 2.68. The molecule has 0 aliphatic rings. The Morgan fingerprint density at radius 3 is 2.42 bits per heavy atom. The van der Waals surface area contributed by atoms with Crippen molar-refractivity contribution in [2.75, 3.05) is 0 Å². The predicted octanol–water partition coefficient (Wildman–Crippen LogP) is -1.26. The zero-order valence-corrected chi connectivity index (χ0v) is 10.5. The summed E-state index contributed by atoms with van der Waals surface area (Å²) in [6.07, 6.45) is 3.43. The second-order valence-corrected chi connectivity index (χ2v) is 4.07. The summed E-state index contributed by atoms with van der Waals surface area (Å²) in [4.78, 5) is 0. The molecule has 12 heavy (non-hydrogen) atoms. The van der Waals surface area contributed by atoms with Gasteiger partial charge in [-0.3, -0.25) is 4.55 Å². The van der Waals surface area contributed by atoms with E-state index in [4.69, 9.17) is 4.55 Å². The Bertz CT molecular complexity index is 216. The molecule has 0 aromatic rings. The molecule has 0 saturated heterocycles. The summed E-state index contributed by atoms with van der Waals surface area (Å²) in [6, 6.07) is 0. The van der Waals surface area contributed by atoms with E-state index in [0.29, 0.717) is 6.42 Å². The molecule has 0 aliphatic heterocycles. The quantitative estimate of drug-likeness (QED) is 0.344. The van der Waals surface area contributed by atoms with Crippen LogP contribution in [0, 0.1) is 0 Å². The second kappa shape index (κ2) is 7.09. The third-order valence-electron chi connectivity index (χ3n) is 1.49. The van der Waals surface area contributed by atoms with Crippen molar-refractivity contribution in [2.45, 2.75) is 31.4 Å². The molecule has 0 aromatic heterocycles. The number of hydrogen-bond donors (Lipinski definition) is 1. The van der Waals surface area contributed by atoms with E-state index in [9.17, 15) is 8.42 Å². The summed E-state index contributed by atoms with van der Waals surface area (Å²) in [7, 11) is -3.91. The minimum atomic E-state index is -3.91. The van der Waals surface area contributed by atoms with Crippen LogP contribution in [-0.4, -0.2) is 18.2 Å². The van der Waals surface area contributed by atoms with Gasteiger partial charge in [-0.1, -0.05) is 25.8 Å². The van der Waals surface area contributed by atoms with Gasteiger partial charge in [-0.05, 0) is 6.42 Å². The van der Waals surface area contributed by atoms with Gasteiger partial charge in [0.05, 0.1) is 0 Å². The summed E-state index contributed by atoms with van der Waals surface area (Å²) in [5.41, 5.74) is 0. The molecule has 0 amide bonds. The van der Waals surface area contributed by atoms with Gasteiger partial charge in [0.1, 0.15) is 5.25 Å². The Morgan fingerprint density at radius 2 is 2.17 bits per heavy atom. The Balaban J connectivity index is -0.000000500. The van der Waals surface area contributed by atoms with Crippen molar-refractivity contribution in [1.82, 2.24) is 0 Å². The van der Waals surface area contributed by atoms with Crippen LogP contribution < -0.4 is 29.6 Å². The molecule has 0 bridgehead atoms. The van der Waals surface area contributed by atoms with E-state index >= 15 is 0 Å². The fourth-order valence-corrected chi connectivity index (χ4v) is 1.50. The van der Waals surface area contributed by atoms with Gasteiger partial charge in [-0.2, -0.15) is 8.42 Å². The summed E-state index contributed by atoms with van der Waals surface area (Å²) < 4.78 is 29.7. The largest absolute Gasteiger partial charge is 1.00 e. The van der Waals surface area contributed by atoms with Crippen molar-refractivity contribution in [1.29, 1.82) is 0 Å². The van der Waals surface area contributed by atoms with Crippen molar-refractivity contribution in [3.05, 3.63) is 12.7 Å². The van der Waals surface area contributed by atoms with E-state index in [1.54, 1.807) is 0 Å². The van der Waals surface area contributed by atoms with Crippen LogP contribution in [-0.2, 0) is 10.1 Å². The third kappa shape index (κ3) is 6.20. The first-order valence-electron chi connectivity index (χ1n) is 3.61. The van der Waals surface area contributed by atoms with Crippen LogP contribution in [0.5, 0.6) is 0 Å². The fourth-order valence-electron chi connectivity index (χ4n) is 0.794. The van der Waals surface area contributed by atoms with Crippen LogP contribution in [0.1, 0.15) is 27.6 Å². The van der Waals surface area contributed by atoms with E-state index < -0.39 is 15.4 Å². The maximum absolute atomic E-state index is 10.6. The van der Waals surface area contributed by atoms with Gasteiger partial charge in [0.25, 0.3) is 10.1 Å². The molecule has 0 aliphatic carbocycles. The summed E-state index contributed by atoms with van der Waals surface area (Å²) in [5, 5.41) is -0.789. The SMILES string of the molecule is C=CC(CCCC)S(=O)(=O)O.[H-].[Na+]. The van der Waals surface area contributed by atoms with E-state index in [1.807, 2.05) is 6.92 Å². The van der Waals surface area contributed by atoms with E-state index in [-0.39, 0.29) is 31.0 Å². The minimum absolute atomic E-state index is 0. The first-order chi connectivity index (χ1) is 5.02. The van der Waals surface area contributed by atoms with Gasteiger partial charge in [0.15, 0.2) is 0 Å². The molecule has 0 rings (SSSR count). The normalized spacial score (nSPS) is 13.2. The molecule has 1 N–H and O–H groups in total. The summed E-state index contributed by atoms with van der Waals surface area (Å²) >= 11 is 0. The Morgan fingerprint density at radius 1 is 1.67 bits per heavy atom. The first-order valence-corrected chi connectivity index (χ1v) is 5.11. The standard InChI is InChI=1S/C7H14O3S.Na.H/c1-3-5-6-7(4-2)11(8,9)10;;/h4,7H,2-3,5-6H2,1H3,(H,8,9,10);;/q;+1;-1. The summed E-state index contributed by atoms with van der Waals surface area (Å²) in [5.74, 6) is 0. The molecule has 0 fully saturated rings. The van der Waals surface area contributed by atoms with Crippen molar-refractivity contribution in [3.8, 4) is 0 Å². The van der Waals surface area contributed by atoms with E-state index in [2.05, 4.69) is 6.58 Å². The molecule has 0 spiro atoms. The topological polar surface area (TPSA) is 54.4 Å². The minimum Gasteiger partial charge on any atom is -1.00 e. The molecule has 0 radical (unpaired) electrons. The molecule has 0 heterocycles. The molecule has 68 valence electrons. The van der Waals surface area contributed by atoms with Crippen LogP contribution in [0.2, 0.25) is 0 Å². The van der Waals surface area contributed by atoms with Crippen LogP contribution in [0.4, 0.5) is 0 Å². The van der Waals surface area contributed by atoms with E-state index in [1.165, 1.54) is 6.08 Å². The molecule has 1 unspecified atom stereocenters. The maximum Gasteiger partial charge on any atom is 1.00 e. The van der Waals surface area contributed by atoms with Crippen LogP contribution >= 0.6 is 0 Å². The molecule has 0 aromatic carbocycles. The van der Waals surface area contributed by atoms with E-state index in [0.717, 1.165) is 12.8 Å². The first kappa shape index (κ1) is 15.1. The molecule has 3 nitrogen and oxygen atoms in total. The zero-order chi connectivity index (χ0) is 8.91. The number of rotatable bonds is 5. The Hall–Kier alpha value is 0.650. The molecular formula is C7H15NaO3S. The van der Waals surface area contributed by atoms with Crippen molar-refractivity contribution in [2.24, 2.45) is 0 Å². The second-order valence-electron chi connectivity index (χ2n) is 2.43. The van der Waals surface area contributed by atoms with Crippen molar-refractivity contribution in [3.63, 3.8) is 0 Å². The predicted molar refractivity (Wildman–Crippen MR) is 46.2 cm³/mol. The molecule has 0 saturated carbocycles. The van der Waals surface area contributed by atoms with Gasteiger partial charge < -0.3 is 1.43 Å². The van der Waals surface area contributed by atoms with Gasteiger partial charge >= 0.3 is 29.6 Å². The molecule has 1 atom stereocenters. The summed E-state index contributed by atoms with van der Waals surface area (Å²) in [6.45, 7) is 5.30. The maximum atomic E-state index is 10.6. The van der Waals surface area contributed by atoms with Crippen LogP contribution in [0.25, 0.3) is 0 Å². The number of hydrogen-bond acceptors (Lipinski definition) is 2.